The first-order chi connectivity index (χ1) is 20.7. The molecule has 0 aromatic heterocycles. The molecule has 0 fully saturated rings. The second-order valence-corrected chi connectivity index (χ2v) is 10.3. The zero-order chi connectivity index (χ0) is 28.2. The van der Waals surface area contributed by atoms with Crippen molar-refractivity contribution in [3.05, 3.63) is 158 Å². The third kappa shape index (κ3) is 3.54. The molecule has 8 aromatic carbocycles. The largest absolute Gasteiger partial charge is 0.0623 e. The fourth-order valence-corrected chi connectivity index (χ4v) is 6.33. The fourth-order valence-electron chi connectivity index (χ4n) is 6.33. The SMILES string of the molecule is [2H]c1ccc2c(-c3ccc(-c4ccccc4)c4ccccc34)c3cc([2H])ccc3c(-c3ccc4ccccc4c3)c2c1. The lowest BCUT2D eigenvalue weighted by Crippen LogP contribution is -1.92. The van der Waals surface area contributed by atoms with Crippen molar-refractivity contribution in [3.63, 3.8) is 0 Å². The molecule has 40 heavy (non-hydrogen) atoms. The molecule has 0 saturated carbocycles. The van der Waals surface area contributed by atoms with Crippen molar-refractivity contribution < 1.29 is 2.74 Å². The van der Waals surface area contributed by atoms with E-state index in [1.807, 2.05) is 24.3 Å². The summed E-state index contributed by atoms with van der Waals surface area (Å²) < 4.78 is 17.2. The topological polar surface area (TPSA) is 0 Å². The molecule has 0 N–H and O–H groups in total. The van der Waals surface area contributed by atoms with Crippen molar-refractivity contribution in [2.75, 3.05) is 0 Å². The molecule has 0 radical (unpaired) electrons. The van der Waals surface area contributed by atoms with Crippen LogP contribution in [-0.4, -0.2) is 0 Å². The molecule has 0 heteroatoms. The average Bonchev–Trinajstić information content (AvgIpc) is 3.03. The minimum Gasteiger partial charge on any atom is -0.0622 e. The van der Waals surface area contributed by atoms with E-state index in [9.17, 15) is 0 Å². The van der Waals surface area contributed by atoms with Crippen LogP contribution in [0, 0.1) is 0 Å². The van der Waals surface area contributed by atoms with E-state index in [1.54, 1.807) is 0 Å². The Balaban J connectivity index is 1.51. The number of benzene rings is 8. The Bertz CT molecular complexity index is 2320. The summed E-state index contributed by atoms with van der Waals surface area (Å²) in [7, 11) is 0. The van der Waals surface area contributed by atoms with Crippen LogP contribution >= 0.6 is 0 Å². The molecular weight excluding hydrogens is 480 g/mol. The molecule has 0 atom stereocenters. The van der Waals surface area contributed by atoms with Crippen LogP contribution in [0.3, 0.4) is 0 Å². The minimum absolute atomic E-state index is 0.481. The zero-order valence-corrected chi connectivity index (χ0v) is 21.9. The van der Waals surface area contributed by atoms with Gasteiger partial charge in [-0.25, -0.2) is 0 Å². The Hall–Kier alpha value is -5.20. The van der Waals surface area contributed by atoms with E-state index in [4.69, 9.17) is 2.74 Å². The van der Waals surface area contributed by atoms with Gasteiger partial charge in [-0.15, -0.1) is 0 Å². The van der Waals surface area contributed by atoms with Gasteiger partial charge in [0.1, 0.15) is 0 Å². The van der Waals surface area contributed by atoms with Gasteiger partial charge in [0.25, 0.3) is 0 Å². The summed E-state index contributed by atoms with van der Waals surface area (Å²) in [6.45, 7) is 0. The van der Waals surface area contributed by atoms with Gasteiger partial charge in [-0.2, -0.15) is 0 Å². The van der Waals surface area contributed by atoms with Crippen LogP contribution in [-0.2, 0) is 0 Å². The zero-order valence-electron chi connectivity index (χ0n) is 23.9. The van der Waals surface area contributed by atoms with E-state index in [0.29, 0.717) is 12.1 Å². The normalized spacial score (nSPS) is 12.2. The Labute approximate surface area is 236 Å². The Morgan fingerprint density at radius 2 is 0.875 bits per heavy atom. The Morgan fingerprint density at radius 1 is 0.325 bits per heavy atom. The first-order valence-electron chi connectivity index (χ1n) is 14.7. The van der Waals surface area contributed by atoms with E-state index in [-0.39, 0.29) is 0 Å². The molecular formula is C40H26. The maximum absolute atomic E-state index is 8.64. The lowest BCUT2D eigenvalue weighted by atomic mass is 9.83. The van der Waals surface area contributed by atoms with E-state index >= 15 is 0 Å². The third-order valence-corrected chi connectivity index (χ3v) is 8.12. The van der Waals surface area contributed by atoms with E-state index < -0.39 is 0 Å². The second-order valence-electron chi connectivity index (χ2n) is 10.3. The lowest BCUT2D eigenvalue weighted by molar-refractivity contribution is 1.64. The van der Waals surface area contributed by atoms with Gasteiger partial charge in [0, 0.05) is 0 Å². The average molecular weight is 509 g/mol. The van der Waals surface area contributed by atoms with E-state index in [1.165, 1.54) is 32.7 Å². The molecule has 0 nitrogen and oxygen atoms in total. The summed E-state index contributed by atoms with van der Waals surface area (Å²) in [4.78, 5) is 0. The van der Waals surface area contributed by atoms with Crippen LogP contribution in [0.25, 0.3) is 76.5 Å². The van der Waals surface area contributed by atoms with Crippen LogP contribution in [0.2, 0.25) is 0 Å². The lowest BCUT2D eigenvalue weighted by Gasteiger charge is -2.20. The first kappa shape index (κ1) is 20.7. The smallest absolute Gasteiger partial charge is 0.0622 e. The second kappa shape index (κ2) is 9.22. The summed E-state index contributed by atoms with van der Waals surface area (Å²) >= 11 is 0. The van der Waals surface area contributed by atoms with Crippen LogP contribution in [0.15, 0.2) is 158 Å². The van der Waals surface area contributed by atoms with Gasteiger partial charge < -0.3 is 0 Å². The number of rotatable bonds is 3. The molecule has 0 amide bonds. The van der Waals surface area contributed by atoms with Crippen LogP contribution < -0.4 is 0 Å². The molecule has 8 aromatic rings. The highest BCUT2D eigenvalue weighted by Crippen LogP contribution is 2.46. The minimum atomic E-state index is 0.481. The van der Waals surface area contributed by atoms with Crippen LogP contribution in [0.4, 0.5) is 0 Å². The van der Waals surface area contributed by atoms with Crippen molar-refractivity contribution in [2.45, 2.75) is 0 Å². The van der Waals surface area contributed by atoms with E-state index in [2.05, 4.69) is 121 Å². The van der Waals surface area contributed by atoms with Crippen molar-refractivity contribution >= 4 is 43.1 Å². The Morgan fingerprint density at radius 3 is 1.65 bits per heavy atom. The molecule has 0 aliphatic heterocycles. The summed E-state index contributed by atoms with van der Waals surface area (Å²) in [5.41, 5.74) is 6.85. The highest BCUT2D eigenvalue weighted by Gasteiger charge is 2.18. The monoisotopic (exact) mass is 508 g/mol. The van der Waals surface area contributed by atoms with Crippen LogP contribution in [0.5, 0.6) is 0 Å². The predicted molar refractivity (Wildman–Crippen MR) is 173 cm³/mol. The van der Waals surface area contributed by atoms with Crippen molar-refractivity contribution in [3.8, 4) is 33.4 Å². The number of fused-ring (bicyclic) bond motifs is 4. The first-order valence-corrected chi connectivity index (χ1v) is 13.7. The molecule has 0 aliphatic rings. The standard InChI is InChI=1S/C40H26/c1-2-13-28(14-3-1)31-24-25-38(33-17-7-6-16-32(31)33)40-36-20-10-8-18-34(36)39(35-19-9-11-21-37(35)40)30-23-22-27-12-4-5-15-29(27)26-30/h1-26H/i8D,11D. The highest BCUT2D eigenvalue weighted by atomic mass is 14.2. The van der Waals surface area contributed by atoms with Gasteiger partial charge in [-0.3, -0.25) is 0 Å². The number of hydrogen-bond acceptors (Lipinski definition) is 0. The quantitative estimate of drug-likeness (QED) is 0.208. The summed E-state index contributed by atoms with van der Waals surface area (Å²) in [6.07, 6.45) is 0. The maximum atomic E-state index is 8.64. The van der Waals surface area contributed by atoms with Gasteiger partial charge in [0.2, 0.25) is 0 Å². The van der Waals surface area contributed by atoms with Gasteiger partial charge in [0.05, 0.1) is 2.74 Å². The Kier molecular flexibility index (Phi) is 4.78. The molecule has 8 rings (SSSR count). The van der Waals surface area contributed by atoms with Crippen molar-refractivity contribution in [2.24, 2.45) is 0 Å². The molecule has 0 aliphatic carbocycles. The predicted octanol–water partition coefficient (Wildman–Crippen LogP) is 11.3. The van der Waals surface area contributed by atoms with Crippen LogP contribution in [0.1, 0.15) is 2.74 Å². The maximum Gasteiger partial charge on any atom is 0.0623 e. The fraction of sp³-hybridized carbons (Fsp3) is 0. The molecule has 0 spiro atoms. The molecule has 186 valence electrons. The van der Waals surface area contributed by atoms with Crippen molar-refractivity contribution in [1.29, 1.82) is 0 Å². The van der Waals surface area contributed by atoms with Crippen molar-refractivity contribution in [1.82, 2.24) is 0 Å². The van der Waals surface area contributed by atoms with Gasteiger partial charge >= 0.3 is 0 Å². The summed E-state index contributed by atoms with van der Waals surface area (Å²) in [5.74, 6) is 0. The molecule has 0 heterocycles. The van der Waals surface area contributed by atoms with Gasteiger partial charge in [-0.05, 0) is 82.5 Å². The van der Waals surface area contributed by atoms with Gasteiger partial charge in [0.15, 0.2) is 0 Å². The summed E-state index contributed by atoms with van der Waals surface area (Å²) in [6, 6.07) is 51.5. The molecule has 0 saturated heterocycles. The van der Waals surface area contributed by atoms with Gasteiger partial charge in [-0.1, -0.05) is 152 Å². The third-order valence-electron chi connectivity index (χ3n) is 8.12. The molecule has 0 unspecified atom stereocenters. The highest BCUT2D eigenvalue weighted by molar-refractivity contribution is 6.24. The van der Waals surface area contributed by atoms with E-state index in [0.717, 1.165) is 43.8 Å². The molecule has 0 bridgehead atoms. The number of hydrogen-bond donors (Lipinski definition) is 0. The summed E-state index contributed by atoms with van der Waals surface area (Å²) in [5, 5.41) is 9.02.